The number of anilines is 1. The number of hydrogen-bond donors (Lipinski definition) is 0. The predicted octanol–water partition coefficient (Wildman–Crippen LogP) is 4.93. The SMILES string of the molecule is Cc1cc(C)cc(N2C[C@@H](C(=O)Oc3ccc(-c4ccccc4)cc3)CC2=O)c1. The number of benzene rings is 3. The van der Waals surface area contributed by atoms with Crippen LogP contribution >= 0.6 is 0 Å². The fraction of sp³-hybridized carbons (Fsp3) is 0.200. The third kappa shape index (κ3) is 4.21. The highest BCUT2D eigenvalue weighted by atomic mass is 16.5. The van der Waals surface area contributed by atoms with Crippen LogP contribution in [-0.2, 0) is 9.59 Å². The van der Waals surface area contributed by atoms with Gasteiger partial charge in [-0.25, -0.2) is 0 Å². The predicted molar refractivity (Wildman–Crippen MR) is 114 cm³/mol. The summed E-state index contributed by atoms with van der Waals surface area (Å²) in [5, 5.41) is 0. The zero-order valence-corrected chi connectivity index (χ0v) is 16.6. The molecule has 3 aromatic carbocycles. The maximum atomic E-state index is 12.6. The molecular weight excluding hydrogens is 362 g/mol. The Morgan fingerprint density at radius 3 is 2.17 bits per heavy atom. The zero-order chi connectivity index (χ0) is 20.4. The second-order valence-corrected chi connectivity index (χ2v) is 7.56. The minimum Gasteiger partial charge on any atom is -0.426 e. The van der Waals surface area contributed by atoms with Crippen LogP contribution in [0.5, 0.6) is 5.75 Å². The molecule has 0 N–H and O–H groups in total. The number of esters is 1. The molecule has 1 atom stereocenters. The first-order valence-corrected chi connectivity index (χ1v) is 9.75. The molecule has 29 heavy (non-hydrogen) atoms. The van der Waals surface area contributed by atoms with E-state index >= 15 is 0 Å². The number of rotatable bonds is 4. The monoisotopic (exact) mass is 385 g/mol. The molecule has 0 bridgehead atoms. The van der Waals surface area contributed by atoms with Crippen LogP contribution in [-0.4, -0.2) is 18.4 Å². The number of ether oxygens (including phenoxy) is 1. The van der Waals surface area contributed by atoms with E-state index in [2.05, 4.69) is 6.07 Å². The fourth-order valence-corrected chi connectivity index (χ4v) is 3.77. The summed E-state index contributed by atoms with van der Waals surface area (Å²) in [6, 6.07) is 23.5. The first kappa shape index (κ1) is 18.9. The lowest BCUT2D eigenvalue weighted by atomic mass is 10.1. The average molecular weight is 385 g/mol. The van der Waals surface area contributed by atoms with Gasteiger partial charge in [0.05, 0.1) is 5.92 Å². The van der Waals surface area contributed by atoms with Crippen LogP contribution in [0.4, 0.5) is 5.69 Å². The number of carbonyl (C=O) groups excluding carboxylic acids is 2. The minimum atomic E-state index is -0.461. The number of aryl methyl sites for hydroxylation is 2. The van der Waals surface area contributed by atoms with Crippen LogP contribution in [0.15, 0.2) is 72.8 Å². The van der Waals surface area contributed by atoms with E-state index in [1.165, 1.54) is 0 Å². The summed E-state index contributed by atoms with van der Waals surface area (Å²) in [5.41, 5.74) is 5.20. The fourth-order valence-electron chi connectivity index (χ4n) is 3.77. The summed E-state index contributed by atoms with van der Waals surface area (Å²) < 4.78 is 5.55. The van der Waals surface area contributed by atoms with Crippen LogP contribution in [0.3, 0.4) is 0 Å². The first-order chi connectivity index (χ1) is 14.0. The van der Waals surface area contributed by atoms with Crippen molar-refractivity contribution in [3.05, 3.63) is 83.9 Å². The Bertz CT molecular complexity index is 1020. The molecule has 3 aromatic rings. The second kappa shape index (κ2) is 7.92. The van der Waals surface area contributed by atoms with Crippen LogP contribution < -0.4 is 9.64 Å². The molecule has 1 aliphatic heterocycles. The average Bonchev–Trinajstić information content (AvgIpc) is 3.10. The molecule has 1 amide bonds. The topological polar surface area (TPSA) is 46.6 Å². The van der Waals surface area contributed by atoms with Crippen molar-refractivity contribution in [3.63, 3.8) is 0 Å². The smallest absolute Gasteiger partial charge is 0.316 e. The highest BCUT2D eigenvalue weighted by molar-refractivity contribution is 5.99. The van der Waals surface area contributed by atoms with E-state index < -0.39 is 5.92 Å². The molecule has 0 aliphatic carbocycles. The quantitative estimate of drug-likeness (QED) is 0.473. The Kier molecular flexibility index (Phi) is 5.17. The summed E-state index contributed by atoms with van der Waals surface area (Å²) in [7, 11) is 0. The van der Waals surface area contributed by atoms with E-state index in [1.807, 2.05) is 68.4 Å². The summed E-state index contributed by atoms with van der Waals surface area (Å²) >= 11 is 0. The van der Waals surface area contributed by atoms with Crippen molar-refractivity contribution in [1.29, 1.82) is 0 Å². The van der Waals surface area contributed by atoms with Crippen molar-refractivity contribution in [2.24, 2.45) is 5.92 Å². The third-order valence-corrected chi connectivity index (χ3v) is 5.16. The Morgan fingerprint density at radius 1 is 0.897 bits per heavy atom. The zero-order valence-electron chi connectivity index (χ0n) is 16.6. The molecule has 1 saturated heterocycles. The Hall–Kier alpha value is -3.40. The summed E-state index contributed by atoms with van der Waals surface area (Å²) in [6.07, 6.45) is 0.175. The van der Waals surface area contributed by atoms with Crippen molar-refractivity contribution in [1.82, 2.24) is 0 Å². The van der Waals surface area contributed by atoms with Crippen LogP contribution in [0.25, 0.3) is 11.1 Å². The highest BCUT2D eigenvalue weighted by Crippen LogP contribution is 2.28. The van der Waals surface area contributed by atoms with Crippen LogP contribution in [0.2, 0.25) is 0 Å². The standard InChI is InChI=1S/C25H23NO3/c1-17-12-18(2)14-22(13-17)26-16-21(15-24(26)27)25(28)29-23-10-8-20(9-11-23)19-6-4-3-5-7-19/h3-14,21H,15-16H2,1-2H3/t21-/m0/s1. The van der Waals surface area contributed by atoms with Crippen molar-refractivity contribution in [2.75, 3.05) is 11.4 Å². The lowest BCUT2D eigenvalue weighted by molar-refractivity contribution is -0.139. The molecule has 1 heterocycles. The maximum Gasteiger partial charge on any atom is 0.316 e. The molecule has 0 spiro atoms. The van der Waals surface area contributed by atoms with E-state index in [0.29, 0.717) is 12.3 Å². The van der Waals surface area contributed by atoms with Crippen molar-refractivity contribution in [3.8, 4) is 16.9 Å². The van der Waals surface area contributed by atoms with E-state index in [0.717, 1.165) is 27.9 Å². The van der Waals surface area contributed by atoms with E-state index in [4.69, 9.17) is 4.74 Å². The summed E-state index contributed by atoms with van der Waals surface area (Å²) in [4.78, 5) is 26.8. The van der Waals surface area contributed by atoms with Gasteiger partial charge >= 0.3 is 5.97 Å². The number of nitrogens with zero attached hydrogens (tertiary/aromatic N) is 1. The van der Waals surface area contributed by atoms with E-state index in [1.54, 1.807) is 17.0 Å². The van der Waals surface area contributed by atoms with Crippen LogP contribution in [0.1, 0.15) is 17.5 Å². The van der Waals surface area contributed by atoms with Gasteiger partial charge in [-0.15, -0.1) is 0 Å². The molecule has 0 aromatic heterocycles. The van der Waals surface area contributed by atoms with Gasteiger partial charge in [-0.1, -0.05) is 48.5 Å². The molecule has 1 aliphatic rings. The molecule has 0 radical (unpaired) electrons. The van der Waals surface area contributed by atoms with E-state index in [-0.39, 0.29) is 18.3 Å². The van der Waals surface area contributed by atoms with Gasteiger partial charge in [0.1, 0.15) is 5.75 Å². The molecule has 146 valence electrons. The van der Waals surface area contributed by atoms with Crippen molar-refractivity contribution < 1.29 is 14.3 Å². The van der Waals surface area contributed by atoms with Gasteiger partial charge in [-0.2, -0.15) is 0 Å². The third-order valence-electron chi connectivity index (χ3n) is 5.16. The van der Waals surface area contributed by atoms with Gasteiger partial charge in [0.15, 0.2) is 0 Å². The largest absolute Gasteiger partial charge is 0.426 e. The van der Waals surface area contributed by atoms with Crippen molar-refractivity contribution >= 4 is 17.6 Å². The number of carbonyl (C=O) groups is 2. The Labute approximate surface area is 170 Å². The summed E-state index contributed by atoms with van der Waals surface area (Å²) in [6.45, 7) is 4.35. The number of amides is 1. The molecule has 0 unspecified atom stereocenters. The highest BCUT2D eigenvalue weighted by Gasteiger charge is 2.36. The van der Waals surface area contributed by atoms with E-state index in [9.17, 15) is 9.59 Å². The molecule has 4 heteroatoms. The second-order valence-electron chi connectivity index (χ2n) is 7.56. The Balaban J connectivity index is 1.43. The lowest BCUT2D eigenvalue weighted by Crippen LogP contribution is -2.27. The lowest BCUT2D eigenvalue weighted by Gasteiger charge is -2.18. The Morgan fingerprint density at radius 2 is 1.52 bits per heavy atom. The van der Waals surface area contributed by atoms with Crippen molar-refractivity contribution in [2.45, 2.75) is 20.3 Å². The maximum absolute atomic E-state index is 12.6. The molecule has 4 nitrogen and oxygen atoms in total. The molecule has 0 saturated carbocycles. The summed E-state index contributed by atoms with van der Waals surface area (Å²) in [5.74, 6) is -0.377. The number of hydrogen-bond acceptors (Lipinski definition) is 3. The van der Waals surface area contributed by atoms with Gasteiger partial charge in [0, 0.05) is 18.7 Å². The van der Waals surface area contributed by atoms with Gasteiger partial charge in [0.25, 0.3) is 0 Å². The van der Waals surface area contributed by atoms with Gasteiger partial charge in [0.2, 0.25) is 5.91 Å². The minimum absolute atomic E-state index is 0.0450. The normalized spacial score (nSPS) is 16.1. The van der Waals surface area contributed by atoms with Gasteiger partial charge in [-0.3, -0.25) is 9.59 Å². The van der Waals surface area contributed by atoms with Gasteiger partial charge < -0.3 is 9.64 Å². The van der Waals surface area contributed by atoms with Crippen LogP contribution in [0, 0.1) is 19.8 Å². The molecule has 1 fully saturated rings. The first-order valence-electron chi connectivity index (χ1n) is 9.75. The van der Waals surface area contributed by atoms with Gasteiger partial charge in [-0.05, 0) is 60.4 Å². The molecule has 4 rings (SSSR count). The molecular formula is C25H23NO3.